The van der Waals surface area contributed by atoms with Crippen LogP contribution in [0.2, 0.25) is 0 Å². The molecule has 0 bridgehead atoms. The molecule has 3 rings (SSSR count). The van der Waals surface area contributed by atoms with Gasteiger partial charge >= 0.3 is 0 Å². The van der Waals surface area contributed by atoms with Gasteiger partial charge in [0.05, 0.1) is 24.6 Å². The van der Waals surface area contributed by atoms with Crippen LogP contribution in [0.15, 0.2) is 58.3 Å². The summed E-state index contributed by atoms with van der Waals surface area (Å²) in [5.41, 5.74) is 0.211. The number of rotatable bonds is 8. The highest BCUT2D eigenvalue weighted by Gasteiger charge is 2.35. The van der Waals surface area contributed by atoms with E-state index in [0.29, 0.717) is 25.7 Å². The molecule has 0 saturated carbocycles. The summed E-state index contributed by atoms with van der Waals surface area (Å²) in [4.78, 5) is 17.5. The summed E-state index contributed by atoms with van der Waals surface area (Å²) in [6, 6.07) is 15.8. The van der Waals surface area contributed by atoms with Gasteiger partial charge in [0.1, 0.15) is 12.4 Å². The number of hydrogen-bond acceptors (Lipinski definition) is 5. The molecule has 0 amide bonds. The van der Waals surface area contributed by atoms with Crippen molar-refractivity contribution in [1.29, 1.82) is 0 Å². The lowest BCUT2D eigenvalue weighted by Crippen LogP contribution is -2.54. The van der Waals surface area contributed by atoms with E-state index in [0.717, 1.165) is 34.2 Å². The number of Topliss-reactive ketones (excluding diaryl/α,β-unsaturated/α-hetero) is 1. The Morgan fingerprint density at radius 1 is 1.07 bits per heavy atom. The van der Waals surface area contributed by atoms with Gasteiger partial charge in [0.15, 0.2) is 5.78 Å². The van der Waals surface area contributed by atoms with Crippen LogP contribution in [0.3, 0.4) is 0 Å². The third-order valence-electron chi connectivity index (χ3n) is 4.88. The molecule has 0 aromatic heterocycles. The normalized spacial score (nSPS) is 15.4. The van der Waals surface area contributed by atoms with E-state index in [1.54, 1.807) is 11.8 Å². The SMILES string of the molecule is CC(C)(C(=O)c1ccc(Sc2ccc(OCCCl)cc2)cc1)N1CCOCC1. The fourth-order valence-corrected chi connectivity index (χ4v) is 4.08. The number of nitrogens with zero attached hydrogens (tertiary/aromatic N) is 1. The number of carbonyl (C=O) groups is 1. The molecule has 1 fully saturated rings. The van der Waals surface area contributed by atoms with Crippen molar-refractivity contribution in [2.45, 2.75) is 29.2 Å². The Labute approximate surface area is 176 Å². The Hall–Kier alpha value is -1.53. The summed E-state index contributed by atoms with van der Waals surface area (Å²) < 4.78 is 10.9. The van der Waals surface area contributed by atoms with Gasteiger partial charge in [-0.25, -0.2) is 0 Å². The van der Waals surface area contributed by atoms with Crippen LogP contribution < -0.4 is 4.74 Å². The van der Waals surface area contributed by atoms with Crippen LogP contribution in [0, 0.1) is 0 Å². The van der Waals surface area contributed by atoms with Crippen molar-refractivity contribution >= 4 is 29.1 Å². The maximum absolute atomic E-state index is 13.0. The molecule has 6 heteroatoms. The lowest BCUT2D eigenvalue weighted by molar-refractivity contribution is -0.00430. The molecule has 0 atom stereocenters. The summed E-state index contributed by atoms with van der Waals surface area (Å²) >= 11 is 7.29. The van der Waals surface area contributed by atoms with E-state index in [4.69, 9.17) is 21.1 Å². The van der Waals surface area contributed by atoms with Crippen LogP contribution in [0.1, 0.15) is 24.2 Å². The molecule has 1 saturated heterocycles. The first-order chi connectivity index (χ1) is 13.5. The zero-order valence-corrected chi connectivity index (χ0v) is 17.9. The molecule has 0 radical (unpaired) electrons. The van der Waals surface area contributed by atoms with Gasteiger partial charge in [0, 0.05) is 28.4 Å². The summed E-state index contributed by atoms with van der Waals surface area (Å²) in [5, 5.41) is 0. The van der Waals surface area contributed by atoms with Crippen molar-refractivity contribution in [2.24, 2.45) is 0 Å². The molecule has 0 unspecified atom stereocenters. The van der Waals surface area contributed by atoms with Gasteiger partial charge in [-0.1, -0.05) is 23.9 Å². The van der Waals surface area contributed by atoms with E-state index in [1.165, 1.54) is 0 Å². The molecule has 0 aliphatic carbocycles. The highest BCUT2D eigenvalue weighted by atomic mass is 35.5. The third kappa shape index (κ3) is 5.29. The number of ketones is 1. The van der Waals surface area contributed by atoms with Crippen LogP contribution >= 0.6 is 23.4 Å². The number of ether oxygens (including phenoxy) is 2. The Morgan fingerprint density at radius 2 is 1.64 bits per heavy atom. The fraction of sp³-hybridized carbons (Fsp3) is 0.409. The van der Waals surface area contributed by atoms with Gasteiger partial charge in [-0.15, -0.1) is 11.6 Å². The predicted molar refractivity (Wildman–Crippen MR) is 114 cm³/mol. The summed E-state index contributed by atoms with van der Waals surface area (Å²) in [6.45, 7) is 7.44. The van der Waals surface area contributed by atoms with Gasteiger partial charge in [-0.05, 0) is 50.2 Å². The molecule has 2 aromatic rings. The average Bonchev–Trinajstić information content (AvgIpc) is 2.74. The summed E-state index contributed by atoms with van der Waals surface area (Å²) in [7, 11) is 0. The Bertz CT molecular complexity index is 771. The second kappa shape index (κ2) is 9.79. The van der Waals surface area contributed by atoms with Crippen LogP contribution in [0.5, 0.6) is 5.75 Å². The van der Waals surface area contributed by atoms with Crippen molar-refractivity contribution in [3.05, 3.63) is 54.1 Å². The predicted octanol–water partition coefficient (Wildman–Crippen LogP) is 4.75. The van der Waals surface area contributed by atoms with Crippen molar-refractivity contribution in [3.8, 4) is 5.75 Å². The first-order valence-corrected chi connectivity index (χ1v) is 10.8. The quantitative estimate of drug-likeness (QED) is 0.456. The highest BCUT2D eigenvalue weighted by Crippen LogP contribution is 2.30. The maximum Gasteiger partial charge on any atom is 0.182 e. The lowest BCUT2D eigenvalue weighted by atomic mass is 9.91. The minimum absolute atomic E-state index is 0.145. The number of halogens is 1. The Balaban J connectivity index is 1.63. The second-order valence-electron chi connectivity index (χ2n) is 7.12. The van der Waals surface area contributed by atoms with Crippen LogP contribution in [-0.2, 0) is 4.74 Å². The van der Waals surface area contributed by atoms with E-state index in [1.807, 2.05) is 62.4 Å². The molecule has 1 heterocycles. The number of benzene rings is 2. The van der Waals surface area contributed by atoms with Crippen molar-refractivity contribution < 1.29 is 14.3 Å². The number of morpholine rings is 1. The topological polar surface area (TPSA) is 38.8 Å². The zero-order chi connectivity index (χ0) is 20.0. The molecule has 28 heavy (non-hydrogen) atoms. The van der Waals surface area contributed by atoms with Crippen molar-refractivity contribution in [1.82, 2.24) is 4.90 Å². The first-order valence-electron chi connectivity index (χ1n) is 9.45. The smallest absolute Gasteiger partial charge is 0.182 e. The van der Waals surface area contributed by atoms with Crippen LogP contribution in [-0.4, -0.2) is 55.0 Å². The number of hydrogen-bond donors (Lipinski definition) is 0. The molecule has 0 N–H and O–H groups in total. The van der Waals surface area contributed by atoms with E-state index in [-0.39, 0.29) is 5.78 Å². The molecule has 2 aromatic carbocycles. The van der Waals surface area contributed by atoms with Crippen molar-refractivity contribution in [3.63, 3.8) is 0 Å². The number of carbonyl (C=O) groups excluding carboxylic acids is 1. The lowest BCUT2D eigenvalue weighted by Gasteiger charge is -2.39. The minimum atomic E-state index is -0.530. The fourth-order valence-electron chi connectivity index (χ4n) is 3.19. The molecule has 0 spiro atoms. The molecule has 150 valence electrons. The highest BCUT2D eigenvalue weighted by molar-refractivity contribution is 7.99. The maximum atomic E-state index is 13.0. The van der Waals surface area contributed by atoms with Crippen molar-refractivity contribution in [2.75, 3.05) is 38.8 Å². The van der Waals surface area contributed by atoms with Gasteiger partial charge in [0.25, 0.3) is 0 Å². The van der Waals surface area contributed by atoms with Crippen LogP contribution in [0.25, 0.3) is 0 Å². The second-order valence-corrected chi connectivity index (χ2v) is 8.65. The van der Waals surface area contributed by atoms with Gasteiger partial charge < -0.3 is 9.47 Å². The largest absolute Gasteiger partial charge is 0.492 e. The van der Waals surface area contributed by atoms with Crippen LogP contribution in [0.4, 0.5) is 0 Å². The average molecular weight is 420 g/mol. The van der Waals surface area contributed by atoms with Gasteiger partial charge in [-0.2, -0.15) is 0 Å². The third-order valence-corrected chi connectivity index (χ3v) is 6.05. The van der Waals surface area contributed by atoms with E-state index in [9.17, 15) is 4.79 Å². The zero-order valence-electron chi connectivity index (χ0n) is 16.3. The molecule has 1 aliphatic rings. The van der Waals surface area contributed by atoms with Gasteiger partial charge in [-0.3, -0.25) is 9.69 Å². The summed E-state index contributed by atoms with van der Waals surface area (Å²) in [6.07, 6.45) is 0. The molecule has 1 aliphatic heterocycles. The summed E-state index contributed by atoms with van der Waals surface area (Å²) in [5.74, 6) is 1.44. The van der Waals surface area contributed by atoms with Gasteiger partial charge in [0.2, 0.25) is 0 Å². The standard InChI is InChI=1S/C22H26ClNO3S/c1-22(2,24-12-15-26-16-13-24)21(25)17-3-7-19(8-4-17)28-20-9-5-18(6-10-20)27-14-11-23/h3-10H,11-16H2,1-2H3. The Morgan fingerprint density at radius 3 is 2.21 bits per heavy atom. The monoisotopic (exact) mass is 419 g/mol. The molecule has 4 nitrogen and oxygen atoms in total. The number of alkyl halides is 1. The Kier molecular flexibility index (Phi) is 7.41. The minimum Gasteiger partial charge on any atom is -0.492 e. The van der Waals surface area contributed by atoms with E-state index >= 15 is 0 Å². The molecular weight excluding hydrogens is 394 g/mol. The van der Waals surface area contributed by atoms with E-state index < -0.39 is 5.54 Å². The van der Waals surface area contributed by atoms with E-state index in [2.05, 4.69) is 4.90 Å². The first kappa shape index (κ1) is 21.2. The molecular formula is C22H26ClNO3S.